The lowest BCUT2D eigenvalue weighted by Gasteiger charge is -2.26. The molecule has 9 heteroatoms. The van der Waals surface area contributed by atoms with Crippen LogP contribution in [0.15, 0.2) is 16.3 Å². The summed E-state index contributed by atoms with van der Waals surface area (Å²) in [5, 5.41) is 1.57. The first kappa shape index (κ1) is 18.4. The number of rotatable bonds is 6. The molecule has 21 heavy (non-hydrogen) atoms. The van der Waals surface area contributed by atoms with Crippen molar-refractivity contribution in [2.75, 3.05) is 20.7 Å². The molecule has 0 amide bonds. The highest BCUT2D eigenvalue weighted by Gasteiger charge is 2.39. The van der Waals surface area contributed by atoms with Gasteiger partial charge in [-0.2, -0.15) is 4.31 Å². The number of halogens is 1. The smallest absolute Gasteiger partial charge is 0.349 e. The van der Waals surface area contributed by atoms with Gasteiger partial charge in [0.2, 0.25) is 10.0 Å². The Kier molecular flexibility index (Phi) is 6.18. The number of hydrogen-bond acceptors (Lipinski definition) is 6. The molecule has 1 saturated carbocycles. The summed E-state index contributed by atoms with van der Waals surface area (Å²) in [5.41, 5.74) is 5.69. The molecule has 2 N–H and O–H groups in total. The van der Waals surface area contributed by atoms with E-state index in [9.17, 15) is 13.2 Å². The molecule has 120 valence electrons. The number of likely N-dealkylation sites (N-methyl/N-ethyl adjacent to an activating group) is 1. The Morgan fingerprint density at radius 2 is 2.19 bits per heavy atom. The predicted octanol–water partition coefficient (Wildman–Crippen LogP) is 1.31. The van der Waals surface area contributed by atoms with Crippen molar-refractivity contribution in [3.63, 3.8) is 0 Å². The molecule has 6 nitrogen and oxygen atoms in total. The van der Waals surface area contributed by atoms with Gasteiger partial charge in [0.1, 0.15) is 9.77 Å². The molecule has 0 spiro atoms. The third kappa shape index (κ3) is 3.57. The fourth-order valence-corrected chi connectivity index (χ4v) is 4.93. The minimum Gasteiger partial charge on any atom is -0.465 e. The van der Waals surface area contributed by atoms with E-state index in [-0.39, 0.29) is 34.8 Å². The van der Waals surface area contributed by atoms with Crippen LogP contribution in [0.3, 0.4) is 0 Å². The molecule has 0 bridgehead atoms. The van der Waals surface area contributed by atoms with E-state index in [0.717, 1.165) is 24.2 Å². The Morgan fingerprint density at radius 3 is 2.67 bits per heavy atom. The Hall–Kier alpha value is -0.670. The molecule has 1 fully saturated rings. The summed E-state index contributed by atoms with van der Waals surface area (Å²) in [6.45, 7) is 0.276. The van der Waals surface area contributed by atoms with Crippen molar-refractivity contribution in [3.05, 3.63) is 16.3 Å². The molecule has 2 rings (SSSR count). The molecule has 0 radical (unpaired) electrons. The first-order valence-electron chi connectivity index (χ1n) is 6.27. The van der Waals surface area contributed by atoms with E-state index in [1.54, 1.807) is 5.38 Å². The number of sulfonamides is 1. The number of carbonyl (C=O) groups is 1. The minimum atomic E-state index is -3.73. The molecule has 1 aliphatic rings. The maximum absolute atomic E-state index is 12.6. The highest BCUT2D eigenvalue weighted by atomic mass is 35.5. The first-order chi connectivity index (χ1) is 9.43. The highest BCUT2D eigenvalue weighted by molar-refractivity contribution is 7.89. The summed E-state index contributed by atoms with van der Waals surface area (Å²) in [6.07, 6.45) is 1.99. The number of esters is 1. The first-order valence-corrected chi connectivity index (χ1v) is 8.59. The lowest BCUT2D eigenvalue weighted by atomic mass is 10.2. The van der Waals surface area contributed by atoms with E-state index in [0.29, 0.717) is 5.92 Å². The van der Waals surface area contributed by atoms with Crippen LogP contribution in [0.2, 0.25) is 0 Å². The van der Waals surface area contributed by atoms with Crippen LogP contribution >= 0.6 is 23.7 Å². The van der Waals surface area contributed by atoms with Crippen LogP contribution in [0.5, 0.6) is 0 Å². The van der Waals surface area contributed by atoms with Gasteiger partial charge in [0.25, 0.3) is 0 Å². The van der Waals surface area contributed by atoms with Crippen LogP contribution in [0.4, 0.5) is 0 Å². The second kappa shape index (κ2) is 7.06. The van der Waals surface area contributed by atoms with Crippen LogP contribution in [0.25, 0.3) is 0 Å². The zero-order valence-corrected chi connectivity index (χ0v) is 14.3. The van der Waals surface area contributed by atoms with Gasteiger partial charge >= 0.3 is 5.97 Å². The maximum Gasteiger partial charge on any atom is 0.349 e. The van der Waals surface area contributed by atoms with Crippen molar-refractivity contribution in [3.8, 4) is 0 Å². The van der Waals surface area contributed by atoms with Crippen molar-refractivity contribution in [1.29, 1.82) is 0 Å². The van der Waals surface area contributed by atoms with Gasteiger partial charge in [-0.1, -0.05) is 0 Å². The minimum absolute atomic E-state index is 0. The summed E-state index contributed by atoms with van der Waals surface area (Å²) < 4.78 is 31.2. The van der Waals surface area contributed by atoms with E-state index in [1.807, 2.05) is 0 Å². The second-order valence-corrected chi connectivity index (χ2v) is 7.65. The average molecular weight is 355 g/mol. The normalized spacial score (nSPS) is 16.4. The van der Waals surface area contributed by atoms with Crippen molar-refractivity contribution in [1.82, 2.24) is 4.31 Å². The molecule has 1 aromatic heterocycles. The van der Waals surface area contributed by atoms with E-state index < -0.39 is 16.0 Å². The van der Waals surface area contributed by atoms with E-state index in [1.165, 1.54) is 24.5 Å². The van der Waals surface area contributed by atoms with Crippen molar-refractivity contribution < 1.29 is 17.9 Å². The standard InChI is InChI=1S/C12H18N2O4S2.ClH/c1-14(9(7-13)8-3-4-8)20(16,17)10-5-6-19-11(10)12(15)18-2;/h5-6,8-9H,3-4,7,13H2,1-2H3;1H. The van der Waals surface area contributed by atoms with E-state index in [4.69, 9.17) is 5.73 Å². The molecule has 0 aliphatic heterocycles. The third-order valence-corrected chi connectivity index (χ3v) is 6.48. The van der Waals surface area contributed by atoms with E-state index >= 15 is 0 Å². The van der Waals surface area contributed by atoms with Crippen LogP contribution in [-0.2, 0) is 14.8 Å². The SMILES string of the molecule is COC(=O)c1sccc1S(=O)(=O)N(C)C(CN)C1CC1.Cl. The summed E-state index contributed by atoms with van der Waals surface area (Å²) in [4.78, 5) is 11.7. The van der Waals surface area contributed by atoms with Crippen LogP contribution in [0.1, 0.15) is 22.5 Å². The molecule has 0 aromatic carbocycles. The summed E-state index contributed by atoms with van der Waals surface area (Å²) in [6, 6.07) is 1.22. The summed E-state index contributed by atoms with van der Waals surface area (Å²) in [5.74, 6) is -0.317. The average Bonchev–Trinajstić information content (AvgIpc) is 3.13. The van der Waals surface area contributed by atoms with Gasteiger partial charge in [-0.25, -0.2) is 13.2 Å². The van der Waals surface area contributed by atoms with E-state index in [2.05, 4.69) is 4.74 Å². The number of carbonyl (C=O) groups excluding carboxylic acids is 1. The van der Waals surface area contributed by atoms with Crippen LogP contribution in [0, 0.1) is 5.92 Å². The van der Waals surface area contributed by atoms with Gasteiger partial charge < -0.3 is 10.5 Å². The fraction of sp³-hybridized carbons (Fsp3) is 0.583. The Labute approximate surface area is 134 Å². The lowest BCUT2D eigenvalue weighted by molar-refractivity contribution is 0.0602. The van der Waals surface area contributed by atoms with Gasteiger partial charge in [-0.15, -0.1) is 23.7 Å². The third-order valence-electron chi connectivity index (χ3n) is 3.53. The molecule has 1 unspecified atom stereocenters. The molecule has 1 heterocycles. The number of nitrogens with zero attached hydrogens (tertiary/aromatic N) is 1. The van der Waals surface area contributed by atoms with Crippen molar-refractivity contribution in [2.24, 2.45) is 11.7 Å². The number of hydrogen-bond donors (Lipinski definition) is 1. The van der Waals surface area contributed by atoms with Gasteiger partial charge in [-0.05, 0) is 30.2 Å². The predicted molar refractivity (Wildman–Crippen MR) is 83.4 cm³/mol. The molecule has 1 aliphatic carbocycles. The monoisotopic (exact) mass is 354 g/mol. The lowest BCUT2D eigenvalue weighted by Crippen LogP contribution is -2.43. The number of thiophene rings is 1. The topological polar surface area (TPSA) is 89.7 Å². The van der Waals surface area contributed by atoms with Gasteiger partial charge in [0, 0.05) is 19.6 Å². The Morgan fingerprint density at radius 1 is 1.57 bits per heavy atom. The molecular formula is C12H19ClN2O4S2. The Balaban J connectivity index is 0.00000220. The Bertz CT molecular complexity index is 598. The zero-order chi connectivity index (χ0) is 14.9. The van der Waals surface area contributed by atoms with Gasteiger partial charge in [0.15, 0.2) is 0 Å². The summed E-state index contributed by atoms with van der Waals surface area (Å²) in [7, 11) is -0.986. The van der Waals surface area contributed by atoms with Crippen LogP contribution < -0.4 is 5.73 Å². The highest BCUT2D eigenvalue weighted by Crippen LogP contribution is 2.37. The van der Waals surface area contributed by atoms with Crippen molar-refractivity contribution >= 4 is 39.7 Å². The molecular weight excluding hydrogens is 336 g/mol. The number of methoxy groups -OCH3 is 1. The second-order valence-electron chi connectivity index (χ2n) is 4.77. The zero-order valence-electron chi connectivity index (χ0n) is 11.8. The quantitative estimate of drug-likeness (QED) is 0.778. The fourth-order valence-electron chi connectivity index (χ4n) is 2.19. The summed E-state index contributed by atoms with van der Waals surface area (Å²) >= 11 is 1.06. The number of ether oxygens (including phenoxy) is 1. The van der Waals surface area contributed by atoms with Gasteiger partial charge in [0.05, 0.1) is 7.11 Å². The maximum atomic E-state index is 12.6. The molecule has 1 aromatic rings. The molecule has 1 atom stereocenters. The van der Waals surface area contributed by atoms with Gasteiger partial charge in [-0.3, -0.25) is 0 Å². The van der Waals surface area contributed by atoms with Crippen molar-refractivity contribution in [2.45, 2.75) is 23.8 Å². The molecule has 0 saturated heterocycles. The van der Waals surface area contributed by atoms with Crippen LogP contribution in [-0.4, -0.2) is 45.4 Å². The number of nitrogens with two attached hydrogens (primary N) is 1. The largest absolute Gasteiger partial charge is 0.465 e.